The standard InChI is InChI=1S/C16H26N4O7/c1-10(2)13(15(24)26-3)19-14(23)11(21)8-17-12(22)9-18-16(25)20-4-6-27-7-5-20/h10,13H,4-9H2,1-3H3,(H,17,22)(H,18,25)(H,19,23). The van der Waals surface area contributed by atoms with Crippen LogP contribution in [0.15, 0.2) is 0 Å². The van der Waals surface area contributed by atoms with E-state index in [2.05, 4.69) is 20.7 Å². The second-order valence-electron chi connectivity index (χ2n) is 6.18. The molecule has 0 aromatic carbocycles. The molecule has 1 aliphatic heterocycles. The molecule has 0 aromatic rings. The van der Waals surface area contributed by atoms with Gasteiger partial charge in [-0.25, -0.2) is 9.59 Å². The summed E-state index contributed by atoms with van der Waals surface area (Å²) in [5, 5.41) is 6.95. The average molecular weight is 386 g/mol. The van der Waals surface area contributed by atoms with Gasteiger partial charge in [0.15, 0.2) is 0 Å². The molecule has 1 atom stereocenters. The first-order chi connectivity index (χ1) is 12.8. The third-order valence-corrected chi connectivity index (χ3v) is 3.81. The van der Waals surface area contributed by atoms with E-state index in [0.717, 1.165) is 0 Å². The Hall–Kier alpha value is -2.69. The maximum absolute atomic E-state index is 11.9. The minimum atomic E-state index is -1.00. The van der Waals surface area contributed by atoms with Crippen molar-refractivity contribution in [1.82, 2.24) is 20.9 Å². The number of morpholine rings is 1. The summed E-state index contributed by atoms with van der Waals surface area (Å²) in [6, 6.07) is -1.37. The number of Topliss-reactive ketones (excluding diaryl/α,β-unsaturated/α-hetero) is 1. The third-order valence-electron chi connectivity index (χ3n) is 3.81. The first-order valence-corrected chi connectivity index (χ1v) is 8.55. The van der Waals surface area contributed by atoms with Crippen molar-refractivity contribution in [3.05, 3.63) is 0 Å². The fraction of sp³-hybridized carbons (Fsp3) is 0.688. The quantitative estimate of drug-likeness (QED) is 0.324. The van der Waals surface area contributed by atoms with Crippen molar-refractivity contribution in [2.45, 2.75) is 19.9 Å². The lowest BCUT2D eigenvalue weighted by molar-refractivity contribution is -0.147. The van der Waals surface area contributed by atoms with Gasteiger partial charge in [0.05, 0.1) is 33.4 Å². The normalized spacial score (nSPS) is 14.9. The molecule has 1 unspecified atom stereocenters. The van der Waals surface area contributed by atoms with Crippen molar-refractivity contribution >= 4 is 29.6 Å². The largest absolute Gasteiger partial charge is 0.467 e. The van der Waals surface area contributed by atoms with E-state index in [0.29, 0.717) is 26.3 Å². The van der Waals surface area contributed by atoms with Crippen LogP contribution in [0.4, 0.5) is 4.79 Å². The van der Waals surface area contributed by atoms with Crippen LogP contribution in [0.25, 0.3) is 0 Å². The fourth-order valence-electron chi connectivity index (χ4n) is 2.20. The van der Waals surface area contributed by atoms with E-state index in [9.17, 15) is 24.0 Å². The molecule has 1 rings (SSSR count). The summed E-state index contributed by atoms with van der Waals surface area (Å²) >= 11 is 0. The number of urea groups is 1. The van der Waals surface area contributed by atoms with Crippen molar-refractivity contribution in [3.8, 4) is 0 Å². The highest BCUT2D eigenvalue weighted by atomic mass is 16.5. The minimum absolute atomic E-state index is 0.279. The molecule has 11 nitrogen and oxygen atoms in total. The number of ether oxygens (including phenoxy) is 2. The van der Waals surface area contributed by atoms with Crippen LogP contribution in [0.5, 0.6) is 0 Å². The van der Waals surface area contributed by atoms with Crippen molar-refractivity contribution in [2.75, 3.05) is 46.5 Å². The molecule has 1 saturated heterocycles. The Morgan fingerprint density at radius 2 is 1.67 bits per heavy atom. The summed E-state index contributed by atoms with van der Waals surface area (Å²) in [6.45, 7) is 4.23. The minimum Gasteiger partial charge on any atom is -0.467 e. The van der Waals surface area contributed by atoms with Crippen LogP contribution in [-0.2, 0) is 28.7 Å². The molecule has 11 heteroatoms. The first-order valence-electron chi connectivity index (χ1n) is 8.55. The maximum atomic E-state index is 11.9. The maximum Gasteiger partial charge on any atom is 0.328 e. The van der Waals surface area contributed by atoms with E-state index in [1.165, 1.54) is 12.0 Å². The number of rotatable bonds is 8. The van der Waals surface area contributed by atoms with E-state index in [1.807, 2.05) is 0 Å². The molecule has 27 heavy (non-hydrogen) atoms. The molecule has 0 radical (unpaired) electrons. The number of hydrogen-bond donors (Lipinski definition) is 3. The van der Waals surface area contributed by atoms with Crippen LogP contribution < -0.4 is 16.0 Å². The Labute approximate surface area is 157 Å². The number of esters is 1. The van der Waals surface area contributed by atoms with Crippen LogP contribution in [0, 0.1) is 5.92 Å². The van der Waals surface area contributed by atoms with E-state index in [4.69, 9.17) is 4.74 Å². The Morgan fingerprint density at radius 3 is 2.22 bits per heavy atom. The number of nitrogens with one attached hydrogen (secondary N) is 3. The Balaban J connectivity index is 2.35. The lowest BCUT2D eigenvalue weighted by Gasteiger charge is -2.26. The van der Waals surface area contributed by atoms with Crippen LogP contribution >= 0.6 is 0 Å². The first kappa shape index (κ1) is 22.4. The van der Waals surface area contributed by atoms with Gasteiger partial charge in [0.1, 0.15) is 6.04 Å². The van der Waals surface area contributed by atoms with Gasteiger partial charge < -0.3 is 30.3 Å². The molecule has 1 aliphatic rings. The molecule has 1 heterocycles. The van der Waals surface area contributed by atoms with Crippen LogP contribution in [0.2, 0.25) is 0 Å². The van der Waals surface area contributed by atoms with Gasteiger partial charge in [-0.2, -0.15) is 0 Å². The van der Waals surface area contributed by atoms with Gasteiger partial charge in [-0.1, -0.05) is 13.8 Å². The number of amides is 4. The van der Waals surface area contributed by atoms with Crippen molar-refractivity contribution in [1.29, 1.82) is 0 Å². The van der Waals surface area contributed by atoms with Crippen molar-refractivity contribution < 1.29 is 33.4 Å². The molecule has 0 aliphatic carbocycles. The Morgan fingerprint density at radius 1 is 1.04 bits per heavy atom. The van der Waals surface area contributed by atoms with Gasteiger partial charge in [0.25, 0.3) is 5.91 Å². The van der Waals surface area contributed by atoms with E-state index in [1.54, 1.807) is 13.8 Å². The number of hydrogen-bond acceptors (Lipinski definition) is 7. The highest BCUT2D eigenvalue weighted by molar-refractivity contribution is 6.37. The smallest absolute Gasteiger partial charge is 0.328 e. The SMILES string of the molecule is COC(=O)C(NC(=O)C(=O)CNC(=O)CNC(=O)N1CCOCC1)C(C)C. The summed E-state index contributed by atoms with van der Waals surface area (Å²) in [4.78, 5) is 60.3. The number of methoxy groups -OCH3 is 1. The van der Waals surface area contributed by atoms with E-state index in [-0.39, 0.29) is 12.5 Å². The van der Waals surface area contributed by atoms with Crippen molar-refractivity contribution in [2.24, 2.45) is 5.92 Å². The number of nitrogens with zero attached hydrogens (tertiary/aromatic N) is 1. The number of ketones is 1. The summed E-state index contributed by atoms with van der Waals surface area (Å²) in [5.74, 6) is -3.49. The number of carbonyl (C=O) groups excluding carboxylic acids is 5. The van der Waals surface area contributed by atoms with Crippen LogP contribution in [0.1, 0.15) is 13.8 Å². The monoisotopic (exact) mass is 386 g/mol. The summed E-state index contributed by atoms with van der Waals surface area (Å²) in [6.07, 6.45) is 0. The highest BCUT2D eigenvalue weighted by Gasteiger charge is 2.27. The molecule has 4 amide bonds. The molecular weight excluding hydrogens is 360 g/mol. The Kier molecular flexibility index (Phi) is 9.20. The molecule has 1 fully saturated rings. The van der Waals surface area contributed by atoms with Gasteiger partial charge in [-0.05, 0) is 5.92 Å². The lowest BCUT2D eigenvalue weighted by atomic mass is 10.0. The summed E-state index contributed by atoms with van der Waals surface area (Å²) in [5.41, 5.74) is 0. The zero-order chi connectivity index (χ0) is 20.4. The lowest BCUT2D eigenvalue weighted by Crippen LogP contribution is -2.51. The molecule has 0 spiro atoms. The molecule has 0 saturated carbocycles. The molecule has 0 bridgehead atoms. The summed E-state index contributed by atoms with van der Waals surface area (Å²) < 4.78 is 9.69. The molecule has 152 valence electrons. The van der Waals surface area contributed by atoms with E-state index >= 15 is 0 Å². The molecule has 0 aromatic heterocycles. The van der Waals surface area contributed by atoms with Crippen molar-refractivity contribution in [3.63, 3.8) is 0 Å². The Bertz CT molecular complexity index is 573. The second kappa shape index (κ2) is 11.1. The van der Waals surface area contributed by atoms with Crippen LogP contribution in [0.3, 0.4) is 0 Å². The molecular formula is C16H26N4O7. The van der Waals surface area contributed by atoms with Crippen LogP contribution in [-0.4, -0.2) is 87.0 Å². The van der Waals surface area contributed by atoms with E-state index < -0.39 is 42.2 Å². The summed E-state index contributed by atoms with van der Waals surface area (Å²) in [7, 11) is 1.18. The predicted octanol–water partition coefficient (Wildman–Crippen LogP) is -1.97. The van der Waals surface area contributed by atoms with Gasteiger partial charge in [0.2, 0.25) is 11.7 Å². The third kappa shape index (κ3) is 7.60. The average Bonchev–Trinajstić information content (AvgIpc) is 2.67. The predicted molar refractivity (Wildman–Crippen MR) is 92.6 cm³/mol. The fourth-order valence-corrected chi connectivity index (χ4v) is 2.20. The number of carbonyl (C=O) groups is 5. The van der Waals surface area contributed by atoms with Gasteiger partial charge in [-0.15, -0.1) is 0 Å². The topological polar surface area (TPSA) is 143 Å². The second-order valence-corrected chi connectivity index (χ2v) is 6.18. The van der Waals surface area contributed by atoms with Gasteiger partial charge >= 0.3 is 12.0 Å². The highest BCUT2D eigenvalue weighted by Crippen LogP contribution is 2.03. The molecule has 3 N–H and O–H groups in total. The van der Waals surface area contributed by atoms with Gasteiger partial charge in [-0.3, -0.25) is 14.4 Å². The zero-order valence-electron chi connectivity index (χ0n) is 15.7. The van der Waals surface area contributed by atoms with Gasteiger partial charge in [0, 0.05) is 13.1 Å². The zero-order valence-corrected chi connectivity index (χ0v) is 15.7.